The molecule has 3 nitrogen and oxygen atoms in total. The molecule has 94 valence electrons. The molecule has 1 heterocycles. The Balaban J connectivity index is 2.01. The summed E-state index contributed by atoms with van der Waals surface area (Å²) in [4.78, 5) is 13.5. The molecule has 0 spiro atoms. The van der Waals surface area contributed by atoms with Crippen LogP contribution in [0.5, 0.6) is 0 Å². The van der Waals surface area contributed by atoms with Crippen LogP contribution in [0.15, 0.2) is 17.5 Å². The molecule has 0 unspecified atom stereocenters. The van der Waals surface area contributed by atoms with Crippen molar-refractivity contribution >= 4 is 17.2 Å². The van der Waals surface area contributed by atoms with E-state index in [-0.39, 0.29) is 17.4 Å². The predicted molar refractivity (Wildman–Crippen MR) is 70.8 cm³/mol. The van der Waals surface area contributed by atoms with Crippen LogP contribution in [-0.4, -0.2) is 12.5 Å². The lowest BCUT2D eigenvalue weighted by molar-refractivity contribution is -0.131. The fourth-order valence-corrected chi connectivity index (χ4v) is 3.27. The Bertz CT molecular complexity index is 369. The van der Waals surface area contributed by atoms with Crippen molar-refractivity contribution in [3.05, 3.63) is 22.4 Å². The van der Waals surface area contributed by atoms with Crippen LogP contribution in [0.2, 0.25) is 0 Å². The van der Waals surface area contributed by atoms with Crippen LogP contribution >= 0.6 is 11.3 Å². The average Bonchev–Trinajstić information content (AvgIpc) is 3.01. The maximum atomic E-state index is 12.3. The van der Waals surface area contributed by atoms with Crippen LogP contribution in [0.25, 0.3) is 0 Å². The van der Waals surface area contributed by atoms with Crippen molar-refractivity contribution in [2.24, 2.45) is 11.1 Å². The Labute approximate surface area is 106 Å². The van der Waals surface area contributed by atoms with Gasteiger partial charge in [0.05, 0.1) is 11.5 Å². The number of rotatable bonds is 4. The fourth-order valence-electron chi connectivity index (χ4n) is 2.53. The van der Waals surface area contributed by atoms with Crippen LogP contribution in [0.4, 0.5) is 0 Å². The van der Waals surface area contributed by atoms with Gasteiger partial charge in [-0.1, -0.05) is 18.9 Å². The van der Waals surface area contributed by atoms with E-state index in [2.05, 4.69) is 11.4 Å². The summed E-state index contributed by atoms with van der Waals surface area (Å²) < 4.78 is 0. The van der Waals surface area contributed by atoms with Gasteiger partial charge in [0.25, 0.3) is 0 Å². The van der Waals surface area contributed by atoms with Crippen molar-refractivity contribution in [1.82, 2.24) is 5.32 Å². The highest BCUT2D eigenvalue weighted by molar-refractivity contribution is 7.10. The van der Waals surface area contributed by atoms with Gasteiger partial charge in [0, 0.05) is 11.4 Å². The Morgan fingerprint density at radius 2 is 2.29 bits per heavy atom. The van der Waals surface area contributed by atoms with E-state index in [4.69, 9.17) is 5.73 Å². The van der Waals surface area contributed by atoms with E-state index in [9.17, 15) is 4.79 Å². The summed E-state index contributed by atoms with van der Waals surface area (Å²) in [6, 6.07) is 4.16. The Morgan fingerprint density at radius 1 is 1.59 bits per heavy atom. The van der Waals surface area contributed by atoms with Gasteiger partial charge in [-0.05, 0) is 31.2 Å². The van der Waals surface area contributed by atoms with Gasteiger partial charge in [0.15, 0.2) is 0 Å². The number of amides is 1. The molecular formula is C13H20N2OS. The number of nitrogens with two attached hydrogens (primary N) is 1. The van der Waals surface area contributed by atoms with Crippen molar-refractivity contribution in [1.29, 1.82) is 0 Å². The van der Waals surface area contributed by atoms with E-state index in [0.717, 1.165) is 25.7 Å². The van der Waals surface area contributed by atoms with Crippen LogP contribution in [0, 0.1) is 5.41 Å². The third kappa shape index (κ3) is 2.53. The molecule has 3 N–H and O–H groups in total. The lowest BCUT2D eigenvalue weighted by Crippen LogP contribution is -2.44. The van der Waals surface area contributed by atoms with E-state index in [0.29, 0.717) is 6.54 Å². The lowest BCUT2D eigenvalue weighted by Gasteiger charge is -2.27. The number of hydrogen-bond acceptors (Lipinski definition) is 3. The number of carbonyl (C=O) groups is 1. The molecule has 1 aliphatic carbocycles. The van der Waals surface area contributed by atoms with Gasteiger partial charge in [0.1, 0.15) is 0 Å². The van der Waals surface area contributed by atoms with Crippen molar-refractivity contribution < 1.29 is 4.79 Å². The largest absolute Gasteiger partial charge is 0.348 e. The smallest absolute Gasteiger partial charge is 0.227 e. The first kappa shape index (κ1) is 12.6. The first-order valence-corrected chi connectivity index (χ1v) is 7.10. The normalized spacial score (nSPS) is 20.1. The molecule has 2 rings (SSSR count). The Kier molecular flexibility index (Phi) is 3.84. The Morgan fingerprint density at radius 3 is 2.82 bits per heavy atom. The highest BCUT2D eigenvalue weighted by Crippen LogP contribution is 2.37. The van der Waals surface area contributed by atoms with Crippen LogP contribution in [0.3, 0.4) is 0 Å². The van der Waals surface area contributed by atoms with E-state index in [1.807, 2.05) is 18.4 Å². The zero-order chi connectivity index (χ0) is 12.3. The Hall–Kier alpha value is -0.870. The first-order valence-electron chi connectivity index (χ1n) is 6.22. The molecule has 0 radical (unpaired) electrons. The quantitative estimate of drug-likeness (QED) is 0.864. The third-order valence-corrected chi connectivity index (χ3v) is 4.81. The summed E-state index contributed by atoms with van der Waals surface area (Å²) in [5.41, 5.74) is 5.51. The molecule has 4 heteroatoms. The van der Waals surface area contributed by atoms with Gasteiger partial charge in [0.2, 0.25) is 5.91 Å². The summed E-state index contributed by atoms with van der Waals surface area (Å²) in [7, 11) is 0. The van der Waals surface area contributed by atoms with Gasteiger partial charge in [-0.2, -0.15) is 0 Å². The third-order valence-electron chi connectivity index (χ3n) is 3.75. The second-order valence-electron chi connectivity index (χ2n) is 4.90. The molecule has 1 fully saturated rings. The lowest BCUT2D eigenvalue weighted by atomic mass is 9.85. The van der Waals surface area contributed by atoms with Gasteiger partial charge in [-0.3, -0.25) is 4.79 Å². The minimum atomic E-state index is -0.300. The van der Waals surface area contributed by atoms with Gasteiger partial charge < -0.3 is 11.1 Å². The molecule has 1 atom stereocenters. The number of nitrogens with one attached hydrogen (secondary N) is 1. The molecule has 0 aliphatic heterocycles. The number of hydrogen-bond donors (Lipinski definition) is 2. The van der Waals surface area contributed by atoms with Crippen molar-refractivity contribution in [3.63, 3.8) is 0 Å². The molecule has 1 amide bonds. The molecule has 0 bridgehead atoms. The maximum Gasteiger partial charge on any atom is 0.227 e. The van der Waals surface area contributed by atoms with E-state index in [1.54, 1.807) is 11.3 Å². The zero-order valence-corrected chi connectivity index (χ0v) is 11.1. The standard InChI is InChI=1S/C13H20N2OS/c1-10(11-5-4-8-17-11)15-12(16)13(9-14)6-2-3-7-13/h4-5,8,10H,2-3,6-7,9,14H2,1H3,(H,15,16)/t10-/m1/s1. The molecule has 17 heavy (non-hydrogen) atoms. The highest BCUT2D eigenvalue weighted by Gasteiger charge is 2.40. The molecule has 1 aromatic heterocycles. The van der Waals surface area contributed by atoms with E-state index < -0.39 is 0 Å². The maximum absolute atomic E-state index is 12.3. The minimum absolute atomic E-state index is 0.0894. The van der Waals surface area contributed by atoms with E-state index >= 15 is 0 Å². The summed E-state index contributed by atoms with van der Waals surface area (Å²) >= 11 is 1.68. The predicted octanol–water partition coefficient (Wildman–Crippen LogP) is 2.44. The van der Waals surface area contributed by atoms with E-state index in [1.165, 1.54) is 4.88 Å². The van der Waals surface area contributed by atoms with Crippen LogP contribution in [0.1, 0.15) is 43.5 Å². The SMILES string of the molecule is C[C@@H](NC(=O)C1(CN)CCCC1)c1cccs1. The molecule has 0 aromatic carbocycles. The fraction of sp³-hybridized carbons (Fsp3) is 0.615. The number of carbonyl (C=O) groups excluding carboxylic acids is 1. The summed E-state index contributed by atoms with van der Waals surface area (Å²) in [6.07, 6.45) is 4.12. The van der Waals surface area contributed by atoms with Gasteiger partial charge >= 0.3 is 0 Å². The van der Waals surface area contributed by atoms with Gasteiger partial charge in [-0.25, -0.2) is 0 Å². The molecule has 1 aromatic rings. The number of thiophene rings is 1. The van der Waals surface area contributed by atoms with Crippen LogP contribution in [-0.2, 0) is 4.79 Å². The molecule has 0 saturated heterocycles. The van der Waals surface area contributed by atoms with Crippen molar-refractivity contribution in [2.45, 2.75) is 38.6 Å². The minimum Gasteiger partial charge on any atom is -0.348 e. The summed E-state index contributed by atoms with van der Waals surface area (Å²) in [5, 5.41) is 5.14. The molecule has 1 aliphatic rings. The van der Waals surface area contributed by atoms with Crippen molar-refractivity contribution in [2.75, 3.05) is 6.54 Å². The zero-order valence-electron chi connectivity index (χ0n) is 10.2. The molecular weight excluding hydrogens is 232 g/mol. The topological polar surface area (TPSA) is 55.1 Å². The second-order valence-corrected chi connectivity index (χ2v) is 5.88. The van der Waals surface area contributed by atoms with Crippen LogP contribution < -0.4 is 11.1 Å². The summed E-state index contributed by atoms with van der Waals surface area (Å²) in [5.74, 6) is 0.137. The van der Waals surface area contributed by atoms with Crippen molar-refractivity contribution in [3.8, 4) is 0 Å². The monoisotopic (exact) mass is 252 g/mol. The second kappa shape index (κ2) is 5.19. The average molecular weight is 252 g/mol. The molecule has 1 saturated carbocycles. The first-order chi connectivity index (χ1) is 8.18. The van der Waals surface area contributed by atoms with Gasteiger partial charge in [-0.15, -0.1) is 11.3 Å². The summed E-state index contributed by atoms with van der Waals surface area (Å²) in [6.45, 7) is 2.50. The highest BCUT2D eigenvalue weighted by atomic mass is 32.1.